The molecule has 0 saturated carbocycles. The topological polar surface area (TPSA) is 50.8 Å². The smallest absolute Gasteiger partial charge is 0.262 e. The number of amides is 1. The molecule has 0 aromatic heterocycles. The zero-order valence-corrected chi connectivity index (χ0v) is 14.0. The van der Waals surface area contributed by atoms with Crippen molar-refractivity contribution < 1.29 is 14.3 Å². The molecule has 0 spiro atoms. The molecule has 0 bridgehead atoms. The van der Waals surface area contributed by atoms with Crippen LogP contribution in [0.1, 0.15) is 0 Å². The van der Waals surface area contributed by atoms with E-state index in [9.17, 15) is 4.79 Å². The minimum Gasteiger partial charge on any atom is -0.484 e. The van der Waals surface area contributed by atoms with Gasteiger partial charge in [0.25, 0.3) is 5.91 Å². The molecule has 1 aliphatic rings. The molecule has 2 aromatic rings. The number of nitrogens with zero attached hydrogens (tertiary/aromatic N) is 1. The van der Waals surface area contributed by atoms with Crippen LogP contribution in [0.4, 0.5) is 11.4 Å². The van der Waals surface area contributed by atoms with Crippen molar-refractivity contribution in [2.75, 3.05) is 43.1 Å². The summed E-state index contributed by atoms with van der Waals surface area (Å²) in [6.45, 7) is 2.99. The van der Waals surface area contributed by atoms with E-state index < -0.39 is 0 Å². The van der Waals surface area contributed by atoms with Crippen LogP contribution in [0.5, 0.6) is 5.75 Å². The largest absolute Gasteiger partial charge is 0.484 e. The number of benzene rings is 2. The summed E-state index contributed by atoms with van der Waals surface area (Å²) in [6.07, 6.45) is 0. The van der Waals surface area contributed by atoms with E-state index in [1.165, 1.54) is 0 Å². The first-order valence-corrected chi connectivity index (χ1v) is 8.20. The Balaban J connectivity index is 1.62. The van der Waals surface area contributed by atoms with Crippen molar-refractivity contribution >= 4 is 28.9 Å². The molecule has 0 atom stereocenters. The van der Waals surface area contributed by atoms with Crippen molar-refractivity contribution in [3.05, 3.63) is 53.6 Å². The molecule has 0 aliphatic carbocycles. The second-order valence-corrected chi connectivity index (χ2v) is 5.82. The molecule has 1 amide bonds. The molecule has 1 heterocycles. The first-order valence-electron chi connectivity index (χ1n) is 7.82. The van der Waals surface area contributed by atoms with Gasteiger partial charge in [0.15, 0.2) is 6.61 Å². The molecule has 6 heteroatoms. The molecule has 1 N–H and O–H groups in total. The molecule has 1 aliphatic heterocycles. The minimum absolute atomic E-state index is 0.0673. The molecular weight excluding hydrogens is 328 g/mol. The molecule has 24 heavy (non-hydrogen) atoms. The normalized spacial score (nSPS) is 14.3. The highest BCUT2D eigenvalue weighted by molar-refractivity contribution is 6.33. The van der Waals surface area contributed by atoms with Gasteiger partial charge < -0.3 is 19.7 Å². The van der Waals surface area contributed by atoms with Crippen LogP contribution in [-0.4, -0.2) is 38.8 Å². The highest BCUT2D eigenvalue weighted by Crippen LogP contribution is 2.28. The first-order chi connectivity index (χ1) is 11.7. The molecule has 5 nitrogen and oxygen atoms in total. The number of para-hydroxylation sites is 1. The van der Waals surface area contributed by atoms with Gasteiger partial charge in [-0.05, 0) is 30.3 Å². The van der Waals surface area contributed by atoms with Gasteiger partial charge in [0.1, 0.15) is 5.75 Å². The zero-order chi connectivity index (χ0) is 16.8. The zero-order valence-electron chi connectivity index (χ0n) is 13.2. The van der Waals surface area contributed by atoms with E-state index in [4.69, 9.17) is 21.1 Å². The molecule has 126 valence electrons. The lowest BCUT2D eigenvalue weighted by Crippen LogP contribution is -2.36. The Hall–Kier alpha value is -2.24. The van der Waals surface area contributed by atoms with E-state index in [1.54, 1.807) is 18.2 Å². The van der Waals surface area contributed by atoms with E-state index in [2.05, 4.69) is 10.2 Å². The average Bonchev–Trinajstić information content (AvgIpc) is 2.63. The monoisotopic (exact) mass is 346 g/mol. The highest BCUT2D eigenvalue weighted by atomic mass is 35.5. The number of rotatable bonds is 5. The minimum atomic E-state index is -0.250. The van der Waals surface area contributed by atoms with E-state index in [1.807, 2.05) is 30.3 Å². The fourth-order valence-electron chi connectivity index (χ4n) is 2.48. The summed E-state index contributed by atoms with van der Waals surface area (Å²) in [7, 11) is 0. The van der Waals surface area contributed by atoms with Gasteiger partial charge in [-0.15, -0.1) is 0 Å². The van der Waals surface area contributed by atoms with Gasteiger partial charge in [-0.3, -0.25) is 4.79 Å². The van der Waals surface area contributed by atoms with Crippen molar-refractivity contribution in [3.63, 3.8) is 0 Å². The van der Waals surface area contributed by atoms with Crippen LogP contribution in [-0.2, 0) is 9.53 Å². The van der Waals surface area contributed by atoms with E-state index >= 15 is 0 Å². The Kier molecular flexibility index (Phi) is 5.56. The molecule has 0 radical (unpaired) electrons. The summed E-state index contributed by atoms with van der Waals surface area (Å²) in [4.78, 5) is 14.3. The summed E-state index contributed by atoms with van der Waals surface area (Å²) in [5.74, 6) is 0.403. The van der Waals surface area contributed by atoms with Crippen LogP contribution in [0.3, 0.4) is 0 Å². The fraction of sp³-hybridized carbons (Fsp3) is 0.278. The molecule has 0 unspecified atom stereocenters. The van der Waals surface area contributed by atoms with Gasteiger partial charge in [0.2, 0.25) is 0 Å². The Morgan fingerprint density at radius 2 is 1.92 bits per heavy atom. The number of ether oxygens (including phenoxy) is 2. The molecule has 1 saturated heterocycles. The lowest BCUT2D eigenvalue weighted by Gasteiger charge is -2.29. The Morgan fingerprint density at radius 3 is 2.67 bits per heavy atom. The van der Waals surface area contributed by atoms with Crippen LogP contribution in [0.15, 0.2) is 48.5 Å². The molecule has 2 aromatic carbocycles. The second-order valence-electron chi connectivity index (χ2n) is 5.41. The standard InChI is InChI=1S/C18H19ClN2O3/c19-16-7-6-14(21-8-10-23-11-9-21)12-17(16)20-18(22)13-24-15-4-2-1-3-5-15/h1-7,12H,8-11,13H2,(H,20,22). The summed E-state index contributed by atoms with van der Waals surface area (Å²) in [5, 5.41) is 3.31. The number of morpholine rings is 1. The third kappa shape index (κ3) is 4.40. The third-order valence-corrected chi connectivity index (χ3v) is 4.04. The lowest BCUT2D eigenvalue weighted by molar-refractivity contribution is -0.118. The maximum absolute atomic E-state index is 12.1. The number of halogens is 1. The number of hydrogen-bond donors (Lipinski definition) is 1. The molecule has 1 fully saturated rings. The van der Waals surface area contributed by atoms with Crippen LogP contribution in [0.2, 0.25) is 5.02 Å². The third-order valence-electron chi connectivity index (χ3n) is 3.71. The molecule has 3 rings (SSSR count). The van der Waals surface area contributed by atoms with Crippen LogP contribution < -0.4 is 15.0 Å². The van der Waals surface area contributed by atoms with Gasteiger partial charge in [0, 0.05) is 18.8 Å². The van der Waals surface area contributed by atoms with Crippen LogP contribution >= 0.6 is 11.6 Å². The Labute approximate surface area is 146 Å². The van der Waals surface area contributed by atoms with Crippen molar-refractivity contribution in [2.45, 2.75) is 0 Å². The number of hydrogen-bond acceptors (Lipinski definition) is 4. The van der Waals surface area contributed by atoms with Gasteiger partial charge >= 0.3 is 0 Å². The maximum Gasteiger partial charge on any atom is 0.262 e. The summed E-state index contributed by atoms with van der Waals surface area (Å²) in [5.41, 5.74) is 1.60. The van der Waals surface area contributed by atoms with Gasteiger partial charge in [-0.25, -0.2) is 0 Å². The quantitative estimate of drug-likeness (QED) is 0.903. The van der Waals surface area contributed by atoms with Crippen molar-refractivity contribution in [1.29, 1.82) is 0 Å². The summed E-state index contributed by atoms with van der Waals surface area (Å²) < 4.78 is 10.8. The highest BCUT2D eigenvalue weighted by Gasteiger charge is 2.14. The first kappa shape index (κ1) is 16.6. The summed E-state index contributed by atoms with van der Waals surface area (Å²) in [6, 6.07) is 14.8. The van der Waals surface area contributed by atoms with E-state index in [0.717, 1.165) is 18.8 Å². The van der Waals surface area contributed by atoms with Gasteiger partial charge in [-0.2, -0.15) is 0 Å². The predicted molar refractivity (Wildman–Crippen MR) is 95.1 cm³/mol. The molecular formula is C18H19ClN2O3. The lowest BCUT2D eigenvalue weighted by atomic mass is 10.2. The number of nitrogens with one attached hydrogen (secondary N) is 1. The van der Waals surface area contributed by atoms with Crippen molar-refractivity contribution in [1.82, 2.24) is 0 Å². The fourth-order valence-corrected chi connectivity index (χ4v) is 2.64. The van der Waals surface area contributed by atoms with Crippen molar-refractivity contribution in [2.24, 2.45) is 0 Å². The van der Waals surface area contributed by atoms with E-state index in [0.29, 0.717) is 29.7 Å². The second kappa shape index (κ2) is 8.04. The Bertz CT molecular complexity index is 688. The average molecular weight is 347 g/mol. The Morgan fingerprint density at radius 1 is 1.17 bits per heavy atom. The summed E-state index contributed by atoms with van der Waals surface area (Å²) >= 11 is 6.20. The van der Waals surface area contributed by atoms with Gasteiger partial charge in [-0.1, -0.05) is 29.8 Å². The number of carbonyl (C=O) groups is 1. The number of carbonyl (C=O) groups excluding carboxylic acids is 1. The van der Waals surface area contributed by atoms with Crippen molar-refractivity contribution in [3.8, 4) is 5.75 Å². The van der Waals surface area contributed by atoms with Crippen LogP contribution in [0, 0.1) is 0 Å². The van der Waals surface area contributed by atoms with Gasteiger partial charge in [0.05, 0.1) is 23.9 Å². The number of anilines is 2. The predicted octanol–water partition coefficient (Wildman–Crippen LogP) is 3.19. The SMILES string of the molecule is O=C(COc1ccccc1)Nc1cc(N2CCOCC2)ccc1Cl. The van der Waals surface area contributed by atoms with Crippen LogP contribution in [0.25, 0.3) is 0 Å². The van der Waals surface area contributed by atoms with E-state index in [-0.39, 0.29) is 12.5 Å². The maximum atomic E-state index is 12.1.